The summed E-state index contributed by atoms with van der Waals surface area (Å²) in [6.45, 7) is 2.89. The van der Waals surface area contributed by atoms with Crippen LogP contribution in [0, 0.1) is 6.92 Å². The highest BCUT2D eigenvalue weighted by Gasteiger charge is 2.37. The van der Waals surface area contributed by atoms with Gasteiger partial charge in [-0.3, -0.25) is 14.9 Å². The fourth-order valence-corrected chi connectivity index (χ4v) is 4.96. The van der Waals surface area contributed by atoms with Crippen molar-refractivity contribution in [3.05, 3.63) is 52.5 Å². The second kappa shape index (κ2) is 9.38. The van der Waals surface area contributed by atoms with Gasteiger partial charge in [0, 0.05) is 47.7 Å². The van der Waals surface area contributed by atoms with Gasteiger partial charge >= 0.3 is 6.18 Å². The molecule has 0 bridgehead atoms. The van der Waals surface area contributed by atoms with Crippen LogP contribution in [-0.2, 0) is 19.0 Å². The number of amides is 1. The Bertz CT molecular complexity index is 1490. The fraction of sp³-hybridized carbons (Fsp3) is 0.385. The largest absolute Gasteiger partial charge is 0.418 e. The topological polar surface area (TPSA) is 107 Å². The first kappa shape index (κ1) is 25.1. The summed E-state index contributed by atoms with van der Waals surface area (Å²) in [4.78, 5) is 23.2. The van der Waals surface area contributed by atoms with Crippen molar-refractivity contribution in [2.45, 2.75) is 38.5 Å². The predicted molar refractivity (Wildman–Crippen MR) is 133 cm³/mol. The summed E-state index contributed by atoms with van der Waals surface area (Å²) < 4.78 is 42.6. The van der Waals surface area contributed by atoms with Gasteiger partial charge in [0.15, 0.2) is 0 Å². The molecule has 11 heteroatoms. The SMILES string of the molecule is Cc1[nH]nc2cc(C(F)(F)F)c3nc(-c4ccc(C(=O)NCCN(C)C)nc4)c4c(c3c12)CCC(O)C4. The van der Waals surface area contributed by atoms with E-state index in [1.54, 1.807) is 13.0 Å². The number of nitrogens with zero attached hydrogens (tertiary/aromatic N) is 4. The number of aromatic nitrogens is 4. The zero-order valence-corrected chi connectivity index (χ0v) is 20.7. The molecule has 8 nitrogen and oxygen atoms in total. The molecule has 1 aliphatic carbocycles. The van der Waals surface area contributed by atoms with E-state index in [-0.39, 0.29) is 29.1 Å². The first-order valence-electron chi connectivity index (χ1n) is 12.0. The predicted octanol–water partition coefficient (Wildman–Crippen LogP) is 3.64. The maximum Gasteiger partial charge on any atom is 0.418 e. The highest BCUT2D eigenvalue weighted by atomic mass is 19.4. The van der Waals surface area contributed by atoms with Gasteiger partial charge in [0.2, 0.25) is 0 Å². The Balaban J connectivity index is 1.68. The Morgan fingerprint density at radius 1 is 1.24 bits per heavy atom. The minimum Gasteiger partial charge on any atom is -0.393 e. The van der Waals surface area contributed by atoms with E-state index in [0.717, 1.165) is 11.6 Å². The second-order valence-electron chi connectivity index (χ2n) is 9.69. The molecule has 1 aromatic carbocycles. The molecule has 1 aliphatic rings. The van der Waals surface area contributed by atoms with Crippen LogP contribution < -0.4 is 5.32 Å². The third kappa shape index (κ3) is 4.64. The van der Waals surface area contributed by atoms with Crippen LogP contribution in [0.15, 0.2) is 24.4 Å². The van der Waals surface area contributed by atoms with Crippen molar-refractivity contribution in [2.75, 3.05) is 27.2 Å². The molecule has 3 N–H and O–H groups in total. The number of H-pyrrole nitrogens is 1. The third-order valence-corrected chi connectivity index (χ3v) is 6.76. The monoisotopic (exact) mass is 512 g/mol. The number of aliphatic hydroxyl groups is 1. The molecule has 1 atom stereocenters. The number of likely N-dealkylation sites (N-methyl/N-ethyl adjacent to an activating group) is 1. The summed E-state index contributed by atoms with van der Waals surface area (Å²) in [5, 5.41) is 21.2. The average molecular weight is 513 g/mol. The number of rotatable bonds is 5. The van der Waals surface area contributed by atoms with Crippen LogP contribution in [0.4, 0.5) is 13.2 Å². The molecule has 3 heterocycles. The maximum atomic E-state index is 14.2. The van der Waals surface area contributed by atoms with Crippen LogP contribution in [0.1, 0.15) is 39.3 Å². The molecule has 1 unspecified atom stereocenters. The maximum absolute atomic E-state index is 14.2. The van der Waals surface area contributed by atoms with Gasteiger partial charge in [-0.25, -0.2) is 4.98 Å². The lowest BCUT2D eigenvalue weighted by Crippen LogP contribution is -2.31. The molecular formula is C26H27F3N6O2. The van der Waals surface area contributed by atoms with Crippen LogP contribution in [0.25, 0.3) is 33.1 Å². The van der Waals surface area contributed by atoms with Crippen molar-refractivity contribution < 1.29 is 23.1 Å². The van der Waals surface area contributed by atoms with E-state index in [2.05, 4.69) is 25.5 Å². The van der Waals surface area contributed by atoms with Crippen LogP contribution in [0.5, 0.6) is 0 Å². The van der Waals surface area contributed by atoms with Gasteiger partial charge in [-0.05, 0) is 63.2 Å². The molecule has 0 aliphatic heterocycles. The molecular weight excluding hydrogens is 485 g/mol. The lowest BCUT2D eigenvalue weighted by Gasteiger charge is -2.26. The van der Waals surface area contributed by atoms with Gasteiger partial charge in [0.1, 0.15) is 5.69 Å². The zero-order chi connectivity index (χ0) is 26.5. The minimum absolute atomic E-state index is 0.153. The standard InChI is InChI=1S/C26H27F3N6O2/c1-13-21-20(34-33-13)11-18(26(27,28)29)24-22(21)16-6-5-15(36)10-17(16)23(32-24)14-4-7-19(31-12-14)25(37)30-8-9-35(2)3/h4,7,11-12,15,36H,5-6,8-10H2,1-3H3,(H,30,37)(H,33,34). The molecule has 4 aromatic rings. The molecule has 0 fully saturated rings. The summed E-state index contributed by atoms with van der Waals surface area (Å²) in [6, 6.07) is 4.20. The number of pyridine rings is 2. The number of alkyl halides is 3. The summed E-state index contributed by atoms with van der Waals surface area (Å²) in [5.41, 5.74) is 2.31. The van der Waals surface area contributed by atoms with Crippen LogP contribution >= 0.6 is 0 Å². The third-order valence-electron chi connectivity index (χ3n) is 6.76. The van der Waals surface area contributed by atoms with Crippen molar-refractivity contribution >= 4 is 27.7 Å². The fourth-order valence-electron chi connectivity index (χ4n) is 4.96. The molecule has 5 rings (SSSR count). The van der Waals surface area contributed by atoms with E-state index in [4.69, 9.17) is 0 Å². The van der Waals surface area contributed by atoms with Crippen molar-refractivity contribution in [1.29, 1.82) is 0 Å². The van der Waals surface area contributed by atoms with E-state index in [1.807, 2.05) is 19.0 Å². The van der Waals surface area contributed by atoms with Crippen LogP contribution in [-0.4, -0.2) is 69.4 Å². The Hall–Kier alpha value is -3.57. The van der Waals surface area contributed by atoms with Crippen LogP contribution in [0.3, 0.4) is 0 Å². The average Bonchev–Trinajstić information content (AvgIpc) is 3.22. The van der Waals surface area contributed by atoms with E-state index >= 15 is 0 Å². The van der Waals surface area contributed by atoms with Gasteiger partial charge in [-0.2, -0.15) is 18.3 Å². The number of aromatic amines is 1. The highest BCUT2D eigenvalue weighted by molar-refractivity contribution is 6.10. The van der Waals surface area contributed by atoms with Crippen molar-refractivity contribution in [1.82, 2.24) is 30.4 Å². The van der Waals surface area contributed by atoms with E-state index in [9.17, 15) is 23.1 Å². The van der Waals surface area contributed by atoms with E-state index in [1.165, 1.54) is 12.3 Å². The summed E-state index contributed by atoms with van der Waals surface area (Å²) in [6.07, 6.45) is -2.72. The Morgan fingerprint density at radius 2 is 2.03 bits per heavy atom. The van der Waals surface area contributed by atoms with Crippen molar-refractivity contribution in [3.63, 3.8) is 0 Å². The summed E-state index contributed by atoms with van der Waals surface area (Å²) in [7, 11) is 3.80. The summed E-state index contributed by atoms with van der Waals surface area (Å²) in [5.74, 6) is -0.338. The second-order valence-corrected chi connectivity index (χ2v) is 9.69. The normalized spacial score (nSPS) is 15.9. The number of halogens is 3. The Morgan fingerprint density at radius 3 is 2.70 bits per heavy atom. The molecule has 3 aromatic heterocycles. The number of carbonyl (C=O) groups is 1. The van der Waals surface area contributed by atoms with E-state index in [0.29, 0.717) is 59.2 Å². The van der Waals surface area contributed by atoms with Gasteiger partial charge in [0.05, 0.1) is 28.4 Å². The lowest BCUT2D eigenvalue weighted by molar-refractivity contribution is -0.136. The van der Waals surface area contributed by atoms with Gasteiger partial charge < -0.3 is 15.3 Å². The Labute approximate surface area is 210 Å². The summed E-state index contributed by atoms with van der Waals surface area (Å²) >= 11 is 0. The minimum atomic E-state index is -4.64. The van der Waals surface area contributed by atoms with Crippen LogP contribution in [0.2, 0.25) is 0 Å². The van der Waals surface area contributed by atoms with Gasteiger partial charge in [0.25, 0.3) is 5.91 Å². The number of aliphatic hydroxyl groups excluding tert-OH is 1. The number of aryl methyl sites for hydroxylation is 2. The Kier molecular flexibility index (Phi) is 6.36. The van der Waals surface area contributed by atoms with Crippen molar-refractivity contribution in [3.8, 4) is 11.3 Å². The number of nitrogens with one attached hydrogen (secondary N) is 2. The van der Waals surface area contributed by atoms with Gasteiger partial charge in [-0.1, -0.05) is 0 Å². The number of carbonyl (C=O) groups excluding carboxylic acids is 1. The number of benzene rings is 1. The molecule has 194 valence electrons. The quantitative estimate of drug-likeness (QED) is 0.377. The first-order valence-corrected chi connectivity index (χ1v) is 12.0. The molecule has 37 heavy (non-hydrogen) atoms. The number of fused-ring (bicyclic) bond motifs is 5. The zero-order valence-electron chi connectivity index (χ0n) is 20.7. The smallest absolute Gasteiger partial charge is 0.393 e. The molecule has 1 amide bonds. The first-order chi connectivity index (χ1) is 17.5. The van der Waals surface area contributed by atoms with Gasteiger partial charge in [-0.15, -0.1) is 0 Å². The highest BCUT2D eigenvalue weighted by Crippen LogP contribution is 2.43. The molecule has 0 saturated carbocycles. The molecule has 0 saturated heterocycles. The van der Waals surface area contributed by atoms with E-state index < -0.39 is 17.8 Å². The van der Waals surface area contributed by atoms with Crippen molar-refractivity contribution in [2.24, 2.45) is 0 Å². The number of hydrogen-bond acceptors (Lipinski definition) is 6. The molecule has 0 radical (unpaired) electrons. The number of hydrogen-bond donors (Lipinski definition) is 3. The molecule has 0 spiro atoms. The lowest BCUT2D eigenvalue weighted by atomic mass is 9.83.